The Kier molecular flexibility index (Phi) is 6.82. The minimum atomic E-state index is -0.108. The van der Waals surface area contributed by atoms with E-state index in [1.54, 1.807) is 21.3 Å². The lowest BCUT2D eigenvalue weighted by molar-refractivity contribution is 0.102. The number of fused-ring (bicyclic) bond motifs is 3. The van der Waals surface area contributed by atoms with E-state index in [2.05, 4.69) is 55.7 Å². The van der Waals surface area contributed by atoms with Gasteiger partial charge in [-0.15, -0.1) is 0 Å². The molecular weight excluding hydrogens is 476 g/mol. The highest BCUT2D eigenvalue weighted by atomic mass is 16.5. The maximum absolute atomic E-state index is 13.0. The number of rotatable bonds is 6. The van der Waals surface area contributed by atoms with Crippen LogP contribution in [0.5, 0.6) is 17.2 Å². The first kappa shape index (κ1) is 25.7. The fourth-order valence-corrected chi connectivity index (χ4v) is 5.61. The fraction of sp³-hybridized carbons (Fsp3) is 0.344. The van der Waals surface area contributed by atoms with Crippen molar-refractivity contribution in [2.75, 3.05) is 32.0 Å². The van der Waals surface area contributed by atoms with Crippen LogP contribution in [0.3, 0.4) is 0 Å². The van der Waals surface area contributed by atoms with E-state index < -0.39 is 0 Å². The molecule has 6 nitrogen and oxygen atoms in total. The second-order valence-corrected chi connectivity index (χ2v) is 11.0. The summed E-state index contributed by atoms with van der Waals surface area (Å²) in [6.45, 7) is 6.50. The molecule has 5 rings (SSSR count). The summed E-state index contributed by atoms with van der Waals surface area (Å²) in [5, 5.41) is 6.85. The Morgan fingerprint density at radius 2 is 1.61 bits per heavy atom. The second kappa shape index (κ2) is 10.1. The van der Waals surface area contributed by atoms with Crippen molar-refractivity contribution in [3.8, 4) is 17.2 Å². The van der Waals surface area contributed by atoms with Crippen molar-refractivity contribution in [2.24, 2.45) is 5.92 Å². The van der Waals surface area contributed by atoms with Crippen LogP contribution >= 0.6 is 0 Å². The van der Waals surface area contributed by atoms with Crippen molar-refractivity contribution >= 4 is 17.3 Å². The highest BCUT2D eigenvalue weighted by molar-refractivity contribution is 6.04. The molecule has 0 bridgehead atoms. The van der Waals surface area contributed by atoms with Crippen molar-refractivity contribution in [3.63, 3.8) is 0 Å². The first-order chi connectivity index (χ1) is 18.2. The van der Waals surface area contributed by atoms with Gasteiger partial charge in [0, 0.05) is 22.9 Å². The van der Waals surface area contributed by atoms with Gasteiger partial charge in [0.25, 0.3) is 5.91 Å². The number of carbonyl (C=O) groups is 1. The number of methoxy groups -OCH3 is 3. The molecule has 0 saturated carbocycles. The molecule has 1 amide bonds. The van der Waals surface area contributed by atoms with Crippen molar-refractivity contribution in [1.29, 1.82) is 0 Å². The molecule has 0 radical (unpaired) electrons. The van der Waals surface area contributed by atoms with E-state index in [0.29, 0.717) is 28.7 Å². The third kappa shape index (κ3) is 4.71. The SMILES string of the molecule is COc1cc(C2Nc3ccc(NC(=O)c4ccc(C(C)(C)C)cc4)cc3C3C=CCC32)cc(OC)c1OC. The normalized spacial score (nSPS) is 19.7. The van der Waals surface area contributed by atoms with Gasteiger partial charge in [-0.05, 0) is 76.9 Å². The Labute approximate surface area is 225 Å². The van der Waals surface area contributed by atoms with Crippen LogP contribution in [0.4, 0.5) is 11.4 Å². The van der Waals surface area contributed by atoms with Gasteiger partial charge < -0.3 is 24.8 Å². The van der Waals surface area contributed by atoms with E-state index in [0.717, 1.165) is 23.4 Å². The van der Waals surface area contributed by atoms with Gasteiger partial charge in [-0.3, -0.25) is 4.79 Å². The van der Waals surface area contributed by atoms with Crippen LogP contribution < -0.4 is 24.8 Å². The van der Waals surface area contributed by atoms with E-state index >= 15 is 0 Å². The van der Waals surface area contributed by atoms with E-state index in [9.17, 15) is 4.79 Å². The molecule has 3 aromatic rings. The molecule has 6 heteroatoms. The van der Waals surface area contributed by atoms with Crippen LogP contribution in [0.1, 0.15) is 66.2 Å². The van der Waals surface area contributed by atoms with Crippen molar-refractivity contribution < 1.29 is 19.0 Å². The van der Waals surface area contributed by atoms with Crippen LogP contribution in [-0.4, -0.2) is 27.2 Å². The van der Waals surface area contributed by atoms with E-state index in [1.165, 1.54) is 11.1 Å². The number of hydrogen-bond acceptors (Lipinski definition) is 5. The first-order valence-electron chi connectivity index (χ1n) is 13.0. The zero-order valence-electron chi connectivity index (χ0n) is 22.9. The van der Waals surface area contributed by atoms with Crippen molar-refractivity contribution in [3.05, 3.63) is 89.0 Å². The molecule has 2 N–H and O–H groups in total. The Balaban J connectivity index is 1.41. The summed E-state index contributed by atoms with van der Waals surface area (Å²) in [4.78, 5) is 13.0. The number of nitrogens with one attached hydrogen (secondary N) is 2. The summed E-state index contributed by atoms with van der Waals surface area (Å²) >= 11 is 0. The Bertz CT molecular complexity index is 1350. The minimum absolute atomic E-state index is 0.0474. The molecule has 0 saturated heterocycles. The quantitative estimate of drug-likeness (QED) is 0.345. The van der Waals surface area contributed by atoms with Gasteiger partial charge in [0.1, 0.15) is 0 Å². The average molecular weight is 513 g/mol. The summed E-state index contributed by atoms with van der Waals surface area (Å²) in [6, 6.07) is 18.1. The predicted molar refractivity (Wildman–Crippen MR) is 152 cm³/mol. The Morgan fingerprint density at radius 1 is 0.921 bits per heavy atom. The summed E-state index contributed by atoms with van der Waals surface area (Å²) in [7, 11) is 4.89. The van der Waals surface area contributed by atoms with Gasteiger partial charge in [0.15, 0.2) is 11.5 Å². The van der Waals surface area contributed by atoms with Crippen LogP contribution in [-0.2, 0) is 5.41 Å². The van der Waals surface area contributed by atoms with E-state index in [4.69, 9.17) is 14.2 Å². The van der Waals surface area contributed by atoms with Gasteiger partial charge >= 0.3 is 0 Å². The van der Waals surface area contributed by atoms with Gasteiger partial charge in [-0.1, -0.05) is 45.1 Å². The standard InChI is InChI=1S/C32H36N2O4/c1-32(2,3)21-12-10-19(11-13-21)31(35)33-22-14-15-26-25(18-22)23-8-7-9-24(23)29(34-26)20-16-27(36-4)30(38-6)28(17-20)37-5/h7-8,10-18,23-24,29,34H,9H2,1-6H3,(H,33,35). The van der Waals surface area contributed by atoms with Gasteiger partial charge in [-0.25, -0.2) is 0 Å². The number of amides is 1. The average Bonchev–Trinajstić information content (AvgIpc) is 3.42. The highest BCUT2D eigenvalue weighted by Gasteiger charge is 2.38. The van der Waals surface area contributed by atoms with Crippen LogP contribution in [0.2, 0.25) is 0 Å². The molecular formula is C32H36N2O4. The number of hydrogen-bond donors (Lipinski definition) is 2. The lowest BCUT2D eigenvalue weighted by Gasteiger charge is -2.38. The topological polar surface area (TPSA) is 68.8 Å². The zero-order valence-corrected chi connectivity index (χ0v) is 22.9. The van der Waals surface area contributed by atoms with E-state index in [-0.39, 0.29) is 23.3 Å². The predicted octanol–water partition coefficient (Wildman–Crippen LogP) is 7.09. The molecule has 2 aliphatic rings. The third-order valence-corrected chi connectivity index (χ3v) is 7.68. The van der Waals surface area contributed by atoms with E-state index in [1.807, 2.05) is 42.5 Å². The van der Waals surface area contributed by atoms with Crippen molar-refractivity contribution in [2.45, 2.75) is 44.6 Å². The summed E-state index contributed by atoms with van der Waals surface area (Å²) < 4.78 is 16.8. The Morgan fingerprint density at radius 3 is 2.21 bits per heavy atom. The smallest absolute Gasteiger partial charge is 0.255 e. The van der Waals surface area contributed by atoms with Crippen LogP contribution in [0.15, 0.2) is 66.7 Å². The largest absolute Gasteiger partial charge is 0.493 e. The van der Waals surface area contributed by atoms with Gasteiger partial charge in [0.2, 0.25) is 5.75 Å². The molecule has 3 aromatic carbocycles. The lowest BCUT2D eigenvalue weighted by Crippen LogP contribution is -2.29. The molecule has 0 fully saturated rings. The summed E-state index contributed by atoms with van der Waals surface area (Å²) in [5.41, 5.74) is 6.02. The number of anilines is 2. The minimum Gasteiger partial charge on any atom is -0.493 e. The maximum Gasteiger partial charge on any atom is 0.255 e. The molecule has 38 heavy (non-hydrogen) atoms. The molecule has 0 spiro atoms. The van der Waals surface area contributed by atoms with Crippen molar-refractivity contribution in [1.82, 2.24) is 0 Å². The summed E-state index contributed by atoms with van der Waals surface area (Å²) in [5.74, 6) is 2.32. The number of carbonyl (C=O) groups excluding carboxylic acids is 1. The van der Waals surface area contributed by atoms with Gasteiger partial charge in [-0.2, -0.15) is 0 Å². The number of benzene rings is 3. The van der Waals surface area contributed by atoms with Crippen LogP contribution in [0.25, 0.3) is 0 Å². The number of allylic oxidation sites excluding steroid dienone is 2. The fourth-order valence-electron chi connectivity index (χ4n) is 5.61. The molecule has 1 heterocycles. The second-order valence-electron chi connectivity index (χ2n) is 11.0. The zero-order chi connectivity index (χ0) is 27.0. The molecule has 3 atom stereocenters. The molecule has 1 aliphatic carbocycles. The monoisotopic (exact) mass is 512 g/mol. The molecule has 1 aliphatic heterocycles. The number of ether oxygens (including phenoxy) is 3. The first-order valence-corrected chi connectivity index (χ1v) is 13.0. The third-order valence-electron chi connectivity index (χ3n) is 7.68. The maximum atomic E-state index is 13.0. The highest BCUT2D eigenvalue weighted by Crippen LogP contribution is 2.52. The van der Waals surface area contributed by atoms with Gasteiger partial charge in [0.05, 0.1) is 27.4 Å². The van der Waals surface area contributed by atoms with Crippen LogP contribution in [0, 0.1) is 5.92 Å². The summed E-state index contributed by atoms with van der Waals surface area (Å²) in [6.07, 6.45) is 5.49. The Hall–Kier alpha value is -3.93. The molecule has 0 aromatic heterocycles. The lowest BCUT2D eigenvalue weighted by atomic mass is 9.77. The molecule has 198 valence electrons. The molecule has 3 unspecified atom stereocenters.